The lowest BCUT2D eigenvalue weighted by molar-refractivity contribution is -0.140. The Balaban J connectivity index is 2.02. The molecule has 0 amide bonds. The van der Waals surface area contributed by atoms with Gasteiger partial charge >= 0.3 is 0 Å². The summed E-state index contributed by atoms with van der Waals surface area (Å²) < 4.78 is 0. The summed E-state index contributed by atoms with van der Waals surface area (Å²) in [7, 11) is 0. The summed E-state index contributed by atoms with van der Waals surface area (Å²) in [6.45, 7) is 0.526. The molecule has 0 aliphatic carbocycles. The van der Waals surface area contributed by atoms with Gasteiger partial charge in [-0.2, -0.15) is 15.6 Å². The zero-order valence-corrected chi connectivity index (χ0v) is 10.6. The van der Waals surface area contributed by atoms with E-state index in [2.05, 4.69) is 12.1 Å². The molecule has 1 aromatic rings. The number of nitriles is 2. The van der Waals surface area contributed by atoms with E-state index < -0.39 is 6.10 Å². The first-order valence-corrected chi connectivity index (χ1v) is 6.26. The predicted octanol–water partition coefficient (Wildman–Crippen LogP) is 2.51. The van der Waals surface area contributed by atoms with Gasteiger partial charge in [-0.3, -0.25) is 4.84 Å². The molecule has 2 rings (SSSR count). The van der Waals surface area contributed by atoms with Gasteiger partial charge in [0.25, 0.3) is 0 Å². The highest BCUT2D eigenvalue weighted by atomic mass is 16.7. The van der Waals surface area contributed by atoms with Crippen molar-refractivity contribution in [1.29, 1.82) is 10.5 Å². The number of hydrogen-bond acceptors (Lipinski definition) is 4. The van der Waals surface area contributed by atoms with Gasteiger partial charge in [-0.1, -0.05) is 42.5 Å². The van der Waals surface area contributed by atoms with Crippen LogP contribution in [-0.4, -0.2) is 23.8 Å². The van der Waals surface area contributed by atoms with Crippen LogP contribution >= 0.6 is 0 Å². The van der Waals surface area contributed by atoms with Crippen LogP contribution in [0.2, 0.25) is 0 Å². The second kappa shape index (κ2) is 6.70. The summed E-state index contributed by atoms with van der Waals surface area (Å²) in [6, 6.07) is 14.2. The van der Waals surface area contributed by atoms with E-state index in [1.165, 1.54) is 0 Å². The summed E-state index contributed by atoms with van der Waals surface area (Å²) in [4.78, 5) is 5.48. The Morgan fingerprint density at radius 2 is 2.11 bits per heavy atom. The molecule has 0 saturated carbocycles. The van der Waals surface area contributed by atoms with E-state index in [-0.39, 0.29) is 6.04 Å². The molecule has 0 spiro atoms. The molecule has 2 atom stereocenters. The number of hydrogen-bond donors (Lipinski definition) is 0. The van der Waals surface area contributed by atoms with E-state index in [0.29, 0.717) is 19.4 Å². The average Bonchev–Trinajstić information content (AvgIpc) is 2.86. The Morgan fingerprint density at radius 1 is 1.32 bits per heavy atom. The monoisotopic (exact) mass is 253 g/mol. The minimum Gasteiger partial charge on any atom is -0.280 e. The molecule has 0 unspecified atom stereocenters. The Bertz CT molecular complexity index is 512. The molecule has 1 aromatic carbocycles. The number of benzene rings is 1. The maximum Gasteiger partial charge on any atom is 0.167 e. The summed E-state index contributed by atoms with van der Waals surface area (Å²) in [5.41, 5.74) is 1.11. The molecule has 0 aromatic heterocycles. The molecule has 1 aliphatic rings. The standard InChI is InChI=1S/C15H15N3O/c16-9-4-10-18-14(11-15(12-17)19-18)8-7-13-5-2-1-3-6-13/h1-3,5-8,14-15H,4,10-11H2/b8-7+/t14-,15+/m0/s1. The number of nitrogens with zero attached hydrogens (tertiary/aromatic N) is 3. The molecule has 0 bridgehead atoms. The van der Waals surface area contributed by atoms with Crippen molar-refractivity contribution in [1.82, 2.24) is 5.06 Å². The summed E-state index contributed by atoms with van der Waals surface area (Å²) in [5, 5.41) is 19.3. The van der Waals surface area contributed by atoms with E-state index in [0.717, 1.165) is 5.56 Å². The van der Waals surface area contributed by atoms with Crippen LogP contribution in [0.1, 0.15) is 18.4 Å². The van der Waals surface area contributed by atoms with Crippen LogP contribution in [0.15, 0.2) is 36.4 Å². The second-order valence-electron chi connectivity index (χ2n) is 4.34. The molecule has 0 radical (unpaired) electrons. The van der Waals surface area contributed by atoms with Gasteiger partial charge in [-0.05, 0) is 5.56 Å². The van der Waals surface area contributed by atoms with Crippen LogP contribution in [-0.2, 0) is 4.84 Å². The Hall–Kier alpha value is -2.14. The third-order valence-electron chi connectivity index (χ3n) is 2.99. The van der Waals surface area contributed by atoms with Crippen molar-refractivity contribution in [2.45, 2.75) is 25.0 Å². The fourth-order valence-corrected chi connectivity index (χ4v) is 2.04. The summed E-state index contributed by atoms with van der Waals surface area (Å²) in [5.74, 6) is 0. The molecule has 1 aliphatic heterocycles. The maximum atomic E-state index is 8.92. The van der Waals surface area contributed by atoms with Crippen LogP contribution in [0, 0.1) is 22.7 Å². The van der Waals surface area contributed by atoms with Crippen LogP contribution in [0.25, 0.3) is 6.08 Å². The van der Waals surface area contributed by atoms with E-state index in [1.807, 2.05) is 42.5 Å². The van der Waals surface area contributed by atoms with Crippen LogP contribution in [0.4, 0.5) is 0 Å². The minimum absolute atomic E-state index is 0.0539. The molecule has 96 valence electrons. The molecule has 1 fully saturated rings. The Morgan fingerprint density at radius 3 is 2.79 bits per heavy atom. The van der Waals surface area contributed by atoms with Crippen LogP contribution in [0.5, 0.6) is 0 Å². The zero-order chi connectivity index (χ0) is 13.5. The topological polar surface area (TPSA) is 60.1 Å². The van der Waals surface area contributed by atoms with Gasteiger partial charge in [0.1, 0.15) is 0 Å². The normalized spacial score (nSPS) is 23.3. The SMILES string of the molecule is N#CCCN1O[C@@H](C#N)C[C@@H]1/C=C/c1ccccc1. The Kier molecular flexibility index (Phi) is 4.69. The Labute approximate surface area is 113 Å². The van der Waals surface area contributed by atoms with Gasteiger partial charge in [0.2, 0.25) is 0 Å². The van der Waals surface area contributed by atoms with E-state index in [1.54, 1.807) is 5.06 Å². The molecular formula is C15H15N3O. The largest absolute Gasteiger partial charge is 0.280 e. The van der Waals surface area contributed by atoms with Gasteiger partial charge in [0.05, 0.1) is 24.6 Å². The van der Waals surface area contributed by atoms with Gasteiger partial charge in [0.15, 0.2) is 6.10 Å². The molecule has 4 nitrogen and oxygen atoms in total. The number of rotatable bonds is 4. The van der Waals surface area contributed by atoms with E-state index in [4.69, 9.17) is 15.4 Å². The molecule has 1 heterocycles. The van der Waals surface area contributed by atoms with Crippen LogP contribution < -0.4 is 0 Å². The lowest BCUT2D eigenvalue weighted by atomic mass is 10.1. The van der Waals surface area contributed by atoms with Crippen molar-refractivity contribution >= 4 is 6.08 Å². The lowest BCUT2D eigenvalue weighted by Crippen LogP contribution is -2.27. The number of hydroxylamine groups is 2. The first kappa shape index (κ1) is 13.3. The maximum absolute atomic E-state index is 8.92. The minimum atomic E-state index is -0.413. The molecule has 19 heavy (non-hydrogen) atoms. The van der Waals surface area contributed by atoms with E-state index >= 15 is 0 Å². The highest BCUT2D eigenvalue weighted by molar-refractivity contribution is 5.49. The molecule has 0 N–H and O–H groups in total. The first-order valence-electron chi connectivity index (χ1n) is 6.26. The van der Waals surface area contributed by atoms with Crippen molar-refractivity contribution in [2.24, 2.45) is 0 Å². The smallest absolute Gasteiger partial charge is 0.167 e. The second-order valence-corrected chi connectivity index (χ2v) is 4.34. The zero-order valence-electron chi connectivity index (χ0n) is 10.6. The highest BCUT2D eigenvalue weighted by Gasteiger charge is 2.31. The molecule has 4 heteroatoms. The van der Waals surface area contributed by atoms with Gasteiger partial charge in [-0.25, -0.2) is 0 Å². The molecular weight excluding hydrogens is 238 g/mol. The predicted molar refractivity (Wildman–Crippen MR) is 71.3 cm³/mol. The average molecular weight is 253 g/mol. The lowest BCUT2D eigenvalue weighted by Gasteiger charge is -2.18. The summed E-state index contributed by atoms with van der Waals surface area (Å²) in [6.07, 6.45) is 4.68. The van der Waals surface area contributed by atoms with Crippen molar-refractivity contribution in [2.75, 3.05) is 6.54 Å². The van der Waals surface area contributed by atoms with Crippen molar-refractivity contribution in [3.05, 3.63) is 42.0 Å². The van der Waals surface area contributed by atoms with Crippen molar-refractivity contribution in [3.63, 3.8) is 0 Å². The highest BCUT2D eigenvalue weighted by Crippen LogP contribution is 2.22. The quantitative estimate of drug-likeness (QED) is 0.827. The third-order valence-corrected chi connectivity index (χ3v) is 2.99. The van der Waals surface area contributed by atoms with Crippen molar-refractivity contribution < 1.29 is 4.84 Å². The summed E-state index contributed by atoms with van der Waals surface area (Å²) >= 11 is 0. The van der Waals surface area contributed by atoms with Gasteiger partial charge in [-0.15, -0.1) is 0 Å². The van der Waals surface area contributed by atoms with Gasteiger partial charge in [0, 0.05) is 13.0 Å². The van der Waals surface area contributed by atoms with E-state index in [9.17, 15) is 0 Å². The fraction of sp³-hybridized carbons (Fsp3) is 0.333. The fourth-order valence-electron chi connectivity index (χ4n) is 2.04. The first-order chi connectivity index (χ1) is 9.33. The van der Waals surface area contributed by atoms with Crippen molar-refractivity contribution in [3.8, 4) is 12.1 Å². The molecule has 1 saturated heterocycles. The van der Waals surface area contributed by atoms with Gasteiger partial charge < -0.3 is 0 Å². The third kappa shape index (κ3) is 3.66. The van der Waals surface area contributed by atoms with Crippen LogP contribution in [0.3, 0.4) is 0 Å².